The van der Waals surface area contributed by atoms with Gasteiger partial charge in [0.1, 0.15) is 6.04 Å². The zero-order valence-electron chi connectivity index (χ0n) is 21.3. The molecule has 1 fully saturated rings. The van der Waals surface area contributed by atoms with Gasteiger partial charge in [0.2, 0.25) is 11.7 Å². The van der Waals surface area contributed by atoms with Gasteiger partial charge in [-0.3, -0.25) is 24.4 Å². The smallest absolute Gasteiger partial charge is 0.295 e. The molecule has 2 amide bonds. The third-order valence-electron chi connectivity index (χ3n) is 7.12. The van der Waals surface area contributed by atoms with Crippen molar-refractivity contribution in [2.45, 2.75) is 57.0 Å². The van der Waals surface area contributed by atoms with Gasteiger partial charge in [-0.1, -0.05) is 42.5 Å². The fourth-order valence-corrected chi connectivity index (χ4v) is 5.05. The van der Waals surface area contributed by atoms with Crippen molar-refractivity contribution in [3.05, 3.63) is 96.1 Å². The van der Waals surface area contributed by atoms with Crippen LogP contribution in [0.2, 0.25) is 0 Å². The number of nitrogens with zero attached hydrogens (tertiary/aromatic N) is 4. The summed E-state index contributed by atoms with van der Waals surface area (Å²) < 4.78 is 0. The van der Waals surface area contributed by atoms with Gasteiger partial charge in [-0.25, -0.2) is 0 Å². The van der Waals surface area contributed by atoms with E-state index in [-0.39, 0.29) is 11.9 Å². The molecule has 0 N–H and O–H groups in total. The van der Waals surface area contributed by atoms with E-state index in [0.717, 1.165) is 38.5 Å². The second kappa shape index (κ2) is 12.9. The van der Waals surface area contributed by atoms with Crippen molar-refractivity contribution in [2.75, 3.05) is 13.6 Å². The molecule has 1 atom stereocenters. The average Bonchev–Trinajstić information content (AvgIpc) is 3.33. The maximum absolute atomic E-state index is 13.5. The molecule has 7 nitrogen and oxygen atoms in total. The lowest BCUT2D eigenvalue weighted by Gasteiger charge is -2.30. The Bertz CT molecular complexity index is 1130. The number of likely N-dealkylation sites (N-methyl/N-ethyl adjacent to an activating group) is 1. The van der Waals surface area contributed by atoms with Gasteiger partial charge >= 0.3 is 0 Å². The minimum atomic E-state index is -0.642. The predicted molar refractivity (Wildman–Crippen MR) is 142 cm³/mol. The Morgan fingerprint density at radius 1 is 0.919 bits per heavy atom. The lowest BCUT2D eigenvalue weighted by atomic mass is 9.98. The summed E-state index contributed by atoms with van der Waals surface area (Å²) in [4.78, 5) is 50.8. The Morgan fingerprint density at radius 3 is 2.05 bits per heavy atom. The number of benzene rings is 1. The number of hydrogen-bond acceptors (Lipinski definition) is 5. The molecule has 0 bridgehead atoms. The van der Waals surface area contributed by atoms with Crippen LogP contribution in [0.5, 0.6) is 0 Å². The number of carbonyl (C=O) groups is 3. The predicted octanol–water partition coefficient (Wildman–Crippen LogP) is 4.13. The number of Topliss-reactive ketones (excluding diaryl/α,β-unsaturated/α-hetero) is 1. The van der Waals surface area contributed by atoms with Crippen LogP contribution in [-0.2, 0) is 22.4 Å². The van der Waals surface area contributed by atoms with E-state index in [0.29, 0.717) is 18.5 Å². The number of ketones is 1. The summed E-state index contributed by atoms with van der Waals surface area (Å²) in [5.41, 5.74) is 2.71. The number of carbonyl (C=O) groups excluding carboxylic acids is 3. The molecule has 3 heterocycles. The normalized spacial score (nSPS) is 15.2. The number of likely N-dealkylation sites (tertiary alicyclic amines) is 1. The molecule has 7 heteroatoms. The summed E-state index contributed by atoms with van der Waals surface area (Å²) in [5.74, 6) is -1.29. The molecule has 1 saturated heterocycles. The van der Waals surface area contributed by atoms with E-state index < -0.39 is 17.7 Å². The second-order valence-electron chi connectivity index (χ2n) is 9.61. The van der Waals surface area contributed by atoms with Crippen molar-refractivity contribution in [1.29, 1.82) is 0 Å². The summed E-state index contributed by atoms with van der Waals surface area (Å²) in [7, 11) is 1.56. The Labute approximate surface area is 218 Å². The number of aryl methyl sites for hydroxylation is 2. The first kappa shape index (κ1) is 26.2. The van der Waals surface area contributed by atoms with Crippen LogP contribution in [0.3, 0.4) is 0 Å². The minimum Gasteiger partial charge on any atom is -0.338 e. The van der Waals surface area contributed by atoms with Crippen molar-refractivity contribution in [3.63, 3.8) is 0 Å². The first-order valence-corrected chi connectivity index (χ1v) is 13.0. The summed E-state index contributed by atoms with van der Waals surface area (Å²) in [6.07, 6.45) is 13.3. The summed E-state index contributed by atoms with van der Waals surface area (Å²) in [5, 5.41) is 0. The van der Waals surface area contributed by atoms with Crippen molar-refractivity contribution in [1.82, 2.24) is 19.8 Å². The quantitative estimate of drug-likeness (QED) is 0.277. The third kappa shape index (κ3) is 6.88. The number of rotatable bonds is 12. The molecule has 0 aliphatic carbocycles. The molecule has 0 spiro atoms. The first-order valence-electron chi connectivity index (χ1n) is 13.0. The largest absolute Gasteiger partial charge is 0.338 e. The van der Waals surface area contributed by atoms with Gasteiger partial charge in [0.05, 0.1) is 0 Å². The van der Waals surface area contributed by atoms with Crippen LogP contribution < -0.4 is 0 Å². The van der Waals surface area contributed by atoms with Crippen molar-refractivity contribution in [2.24, 2.45) is 0 Å². The molecule has 1 aliphatic heterocycles. The Hall–Kier alpha value is -3.87. The second-order valence-corrected chi connectivity index (χ2v) is 9.61. The standard InChI is InChI=1S/C30H34N4O3/c1-33(30(37)28(35)25-13-3-2-4-14-25)27-17-20-34(29(27)36)26(15-5-9-23-11-7-18-31-21-23)16-6-10-24-12-8-19-32-22-24/h2-4,7-8,11-14,18-19,21-22,26-27H,5-6,9-10,15-17,20H2,1H3/t27-/m0/s1. The fraction of sp³-hybridized carbons (Fsp3) is 0.367. The molecule has 4 rings (SSSR count). The van der Waals surface area contributed by atoms with Crippen LogP contribution in [0.15, 0.2) is 79.4 Å². The van der Waals surface area contributed by atoms with E-state index in [1.165, 1.54) is 16.0 Å². The van der Waals surface area contributed by atoms with Gasteiger partial charge in [0.15, 0.2) is 0 Å². The van der Waals surface area contributed by atoms with Gasteiger partial charge < -0.3 is 9.80 Å². The molecule has 3 aromatic rings. The van der Waals surface area contributed by atoms with Gasteiger partial charge in [0.25, 0.3) is 5.91 Å². The third-order valence-corrected chi connectivity index (χ3v) is 7.12. The number of amides is 2. The lowest BCUT2D eigenvalue weighted by Crippen LogP contribution is -2.47. The van der Waals surface area contributed by atoms with Crippen LogP contribution in [0.1, 0.15) is 53.6 Å². The highest BCUT2D eigenvalue weighted by Gasteiger charge is 2.40. The maximum atomic E-state index is 13.5. The molecule has 0 saturated carbocycles. The van der Waals surface area contributed by atoms with Gasteiger partial charge in [0, 0.05) is 50.0 Å². The van der Waals surface area contributed by atoms with Crippen molar-refractivity contribution < 1.29 is 14.4 Å². The van der Waals surface area contributed by atoms with E-state index in [1.807, 2.05) is 29.4 Å². The average molecular weight is 499 g/mol. The van der Waals surface area contributed by atoms with Gasteiger partial charge in [-0.15, -0.1) is 0 Å². The molecule has 0 unspecified atom stereocenters. The zero-order valence-corrected chi connectivity index (χ0v) is 21.3. The molecular weight excluding hydrogens is 464 g/mol. The van der Waals surface area contributed by atoms with E-state index >= 15 is 0 Å². The summed E-state index contributed by atoms with van der Waals surface area (Å²) >= 11 is 0. The van der Waals surface area contributed by atoms with Crippen LogP contribution in [0, 0.1) is 0 Å². The highest BCUT2D eigenvalue weighted by molar-refractivity contribution is 6.43. The van der Waals surface area contributed by atoms with Crippen LogP contribution in [0.25, 0.3) is 0 Å². The van der Waals surface area contributed by atoms with E-state index in [1.54, 1.807) is 49.8 Å². The SMILES string of the molecule is CN(C(=O)C(=O)c1ccccc1)[C@H]1CCN(C(CCCc2cccnc2)CCCc2cccnc2)C1=O. The maximum Gasteiger partial charge on any atom is 0.295 e. The molecule has 192 valence electrons. The topological polar surface area (TPSA) is 83.5 Å². The minimum absolute atomic E-state index is 0.0653. The molecular formula is C30H34N4O3. The molecule has 37 heavy (non-hydrogen) atoms. The van der Waals surface area contributed by atoms with E-state index in [9.17, 15) is 14.4 Å². The highest BCUT2D eigenvalue weighted by Crippen LogP contribution is 2.25. The van der Waals surface area contributed by atoms with Gasteiger partial charge in [-0.05, 0) is 68.2 Å². The Kier molecular flexibility index (Phi) is 9.13. The van der Waals surface area contributed by atoms with E-state index in [4.69, 9.17) is 0 Å². The van der Waals surface area contributed by atoms with E-state index in [2.05, 4.69) is 22.1 Å². The highest BCUT2D eigenvalue weighted by atomic mass is 16.2. The van der Waals surface area contributed by atoms with Crippen LogP contribution in [-0.4, -0.2) is 63.0 Å². The molecule has 1 aliphatic rings. The van der Waals surface area contributed by atoms with Gasteiger partial charge in [-0.2, -0.15) is 0 Å². The van der Waals surface area contributed by atoms with Crippen LogP contribution >= 0.6 is 0 Å². The Balaban J connectivity index is 1.40. The number of hydrogen-bond donors (Lipinski definition) is 0. The first-order chi connectivity index (χ1) is 18.0. The molecule has 0 radical (unpaired) electrons. The van der Waals surface area contributed by atoms with Crippen molar-refractivity contribution >= 4 is 17.6 Å². The summed E-state index contributed by atoms with van der Waals surface area (Å²) in [6, 6.07) is 16.0. The van der Waals surface area contributed by atoms with Crippen LogP contribution in [0.4, 0.5) is 0 Å². The monoisotopic (exact) mass is 498 g/mol. The summed E-state index contributed by atoms with van der Waals surface area (Å²) in [6.45, 7) is 0.588. The lowest BCUT2D eigenvalue weighted by molar-refractivity contribution is -0.139. The van der Waals surface area contributed by atoms with Crippen molar-refractivity contribution in [3.8, 4) is 0 Å². The fourth-order valence-electron chi connectivity index (χ4n) is 5.05. The number of aromatic nitrogens is 2. The molecule has 1 aromatic carbocycles. The number of pyridine rings is 2. The Morgan fingerprint density at radius 2 is 1.51 bits per heavy atom. The zero-order chi connectivity index (χ0) is 26.0. The molecule has 2 aromatic heterocycles.